The van der Waals surface area contributed by atoms with E-state index < -0.39 is 16.5 Å². The first-order valence-electron chi connectivity index (χ1n) is 13.2. The Balaban J connectivity index is 0.000000240. The van der Waals surface area contributed by atoms with Gasteiger partial charge in [0.2, 0.25) is 0 Å². The minimum absolute atomic E-state index is 0. The van der Waals surface area contributed by atoms with E-state index in [1.165, 1.54) is 0 Å². The molecule has 0 saturated heterocycles. The molecular weight excluding hydrogens is 644 g/mol. The van der Waals surface area contributed by atoms with Crippen molar-refractivity contribution in [3.8, 4) is 11.5 Å². The zero-order valence-corrected chi connectivity index (χ0v) is 30.7. The zero-order chi connectivity index (χ0) is 31.1. The van der Waals surface area contributed by atoms with Gasteiger partial charge in [0.25, 0.3) is 0 Å². The smallest absolute Gasteiger partial charge is 0.558 e. The van der Waals surface area contributed by atoms with Gasteiger partial charge in [-0.05, 0) is 67.1 Å². The van der Waals surface area contributed by atoms with Crippen molar-refractivity contribution in [2.24, 2.45) is 0 Å². The molecule has 0 amide bonds. The van der Waals surface area contributed by atoms with Gasteiger partial charge in [0, 0.05) is 22.3 Å². The van der Waals surface area contributed by atoms with Crippen molar-refractivity contribution in [1.29, 1.82) is 0 Å². The number of fused-ring (bicyclic) bond motifs is 2. The van der Waals surface area contributed by atoms with Crippen LogP contribution in [0, 0.1) is 0 Å². The number of rotatable bonds is 8. The SMILES string of the molecule is O=C(c1ccccc1)c1ccc2ccc(O[P+](=O)[O-])cc2c1.O=C(c1ccccc1)c1ccc2ccc(O[P+](=O)[O-])cc2c1.[Na+].[Na+]. The van der Waals surface area contributed by atoms with E-state index >= 15 is 0 Å². The molecule has 8 nitrogen and oxygen atoms in total. The Hall–Kier alpha value is -3.10. The largest absolute Gasteiger partial charge is 1.00 e. The third-order valence-electron chi connectivity index (χ3n) is 6.58. The zero-order valence-electron chi connectivity index (χ0n) is 24.9. The molecule has 0 aromatic heterocycles. The maximum atomic E-state index is 12.4. The fraction of sp³-hybridized carbons (Fsp3) is 0. The van der Waals surface area contributed by atoms with E-state index in [4.69, 9.17) is 0 Å². The second-order valence-corrected chi connectivity index (χ2v) is 10.7. The Labute approximate surface area is 310 Å². The van der Waals surface area contributed by atoms with E-state index in [1.807, 2.05) is 48.5 Å². The van der Waals surface area contributed by atoms with Crippen molar-refractivity contribution < 1.29 is 96.7 Å². The quantitative estimate of drug-likeness (QED) is 0.133. The minimum atomic E-state index is -2.96. The molecule has 216 valence electrons. The van der Waals surface area contributed by atoms with Crippen LogP contribution in [-0.4, -0.2) is 11.6 Å². The van der Waals surface area contributed by atoms with Crippen molar-refractivity contribution in [2.45, 2.75) is 0 Å². The Morgan fingerprint density at radius 1 is 0.435 bits per heavy atom. The molecule has 0 N–H and O–H groups in total. The Morgan fingerprint density at radius 3 is 1.13 bits per heavy atom. The van der Waals surface area contributed by atoms with Crippen molar-refractivity contribution >= 4 is 49.6 Å². The van der Waals surface area contributed by atoms with E-state index in [-0.39, 0.29) is 82.2 Å². The molecule has 0 aliphatic heterocycles. The molecule has 0 aliphatic carbocycles. The van der Waals surface area contributed by atoms with Crippen LogP contribution in [0.3, 0.4) is 0 Å². The molecule has 6 aromatic rings. The summed E-state index contributed by atoms with van der Waals surface area (Å²) in [5, 5.41) is 3.29. The summed E-state index contributed by atoms with van der Waals surface area (Å²) in [6.45, 7) is 0. The average Bonchev–Trinajstić information content (AvgIpc) is 3.04. The molecule has 0 bridgehead atoms. The Morgan fingerprint density at radius 2 is 0.783 bits per heavy atom. The predicted octanol–water partition coefficient (Wildman–Crippen LogP) is 0.943. The monoisotopic (exact) mass is 666 g/mol. The standard InChI is InChI=1S/2C17H11O4P.2Na/c2*18-17(13-4-2-1-3-5-13)14-7-6-12-8-9-16(21-22(19)20)11-15(12)10-14;;/h2*1-11H;;/q;;2*+1. The van der Waals surface area contributed by atoms with Crippen molar-refractivity contribution in [2.75, 3.05) is 0 Å². The summed E-state index contributed by atoms with van der Waals surface area (Å²) in [6, 6.07) is 38.5. The fourth-order valence-corrected chi connectivity index (χ4v) is 5.10. The summed E-state index contributed by atoms with van der Waals surface area (Å²) in [4.78, 5) is 46.1. The molecule has 46 heavy (non-hydrogen) atoms. The summed E-state index contributed by atoms with van der Waals surface area (Å²) in [7, 11) is -5.91. The summed E-state index contributed by atoms with van der Waals surface area (Å²) < 4.78 is 30.6. The van der Waals surface area contributed by atoms with Crippen LogP contribution in [0.1, 0.15) is 31.8 Å². The average molecular weight is 666 g/mol. The van der Waals surface area contributed by atoms with Crippen molar-refractivity contribution in [3.05, 3.63) is 156 Å². The number of ketones is 2. The summed E-state index contributed by atoms with van der Waals surface area (Å²) in [5.41, 5.74) is 2.30. The van der Waals surface area contributed by atoms with Crippen LogP contribution < -0.4 is 77.9 Å². The molecule has 2 atom stereocenters. The van der Waals surface area contributed by atoms with Crippen LogP contribution in [-0.2, 0) is 9.13 Å². The summed E-state index contributed by atoms with van der Waals surface area (Å²) >= 11 is 0. The maximum absolute atomic E-state index is 12.4. The van der Waals surface area contributed by atoms with Crippen LogP contribution in [0.2, 0.25) is 0 Å². The first-order chi connectivity index (χ1) is 21.3. The third-order valence-corrected chi connectivity index (χ3v) is 7.30. The van der Waals surface area contributed by atoms with E-state index in [2.05, 4.69) is 9.05 Å². The molecule has 12 heteroatoms. The molecule has 0 fully saturated rings. The molecule has 6 rings (SSSR count). The van der Waals surface area contributed by atoms with Gasteiger partial charge in [-0.25, -0.2) is 0 Å². The van der Waals surface area contributed by atoms with Crippen LogP contribution >= 0.6 is 16.5 Å². The number of carbonyl (C=O) groups is 2. The Kier molecular flexibility index (Phi) is 14.4. The third kappa shape index (κ3) is 9.95. The first-order valence-corrected chi connectivity index (χ1v) is 15.4. The van der Waals surface area contributed by atoms with Gasteiger partial charge in [-0.3, -0.25) is 18.6 Å². The van der Waals surface area contributed by atoms with Gasteiger partial charge in [0.15, 0.2) is 23.1 Å². The second-order valence-electron chi connectivity index (χ2n) is 9.47. The van der Waals surface area contributed by atoms with Gasteiger partial charge < -0.3 is 9.79 Å². The molecule has 0 aliphatic rings. The van der Waals surface area contributed by atoms with Gasteiger partial charge in [0.1, 0.15) is 0 Å². The predicted molar refractivity (Wildman–Crippen MR) is 164 cm³/mol. The number of benzene rings is 6. The molecule has 0 spiro atoms. The molecule has 0 saturated carbocycles. The fourth-order valence-electron chi connectivity index (χ4n) is 4.53. The van der Waals surface area contributed by atoms with E-state index in [1.54, 1.807) is 84.9 Å². The minimum Gasteiger partial charge on any atom is -0.558 e. The van der Waals surface area contributed by atoms with Crippen LogP contribution in [0.25, 0.3) is 21.5 Å². The number of carbonyl (C=O) groups excluding carboxylic acids is 2. The topological polar surface area (TPSA) is 133 Å². The van der Waals surface area contributed by atoms with Crippen LogP contribution in [0.4, 0.5) is 0 Å². The number of hydrogen-bond acceptors (Lipinski definition) is 8. The van der Waals surface area contributed by atoms with E-state index in [9.17, 15) is 28.5 Å². The molecule has 6 aromatic carbocycles. The van der Waals surface area contributed by atoms with E-state index in [0.717, 1.165) is 21.5 Å². The Bertz CT molecular complexity index is 1880. The second kappa shape index (κ2) is 17.7. The summed E-state index contributed by atoms with van der Waals surface area (Å²) in [6.07, 6.45) is 0. The normalized spacial score (nSPS) is 10.7. The molecule has 0 radical (unpaired) electrons. The van der Waals surface area contributed by atoms with Gasteiger partial charge in [0.05, 0.1) is 0 Å². The molecule has 2 unspecified atom stereocenters. The number of hydrogen-bond donors (Lipinski definition) is 0. The van der Waals surface area contributed by atoms with Crippen LogP contribution in [0.15, 0.2) is 133 Å². The van der Waals surface area contributed by atoms with E-state index in [0.29, 0.717) is 22.3 Å². The molecule has 0 heterocycles. The van der Waals surface area contributed by atoms with Crippen molar-refractivity contribution in [1.82, 2.24) is 0 Å². The van der Waals surface area contributed by atoms with Gasteiger partial charge in [-0.15, -0.1) is 0 Å². The first kappa shape index (κ1) is 37.4. The van der Waals surface area contributed by atoms with Gasteiger partial charge >= 0.3 is 75.6 Å². The van der Waals surface area contributed by atoms with Gasteiger partial charge in [-0.2, -0.15) is 0 Å². The summed E-state index contributed by atoms with van der Waals surface area (Å²) in [5.74, 6) is 0.299. The van der Waals surface area contributed by atoms with Gasteiger partial charge in [-0.1, -0.05) is 97.1 Å². The maximum Gasteiger partial charge on any atom is 1.00 e. The molecular formula is C34H22Na2O8P2+2. The van der Waals surface area contributed by atoms with Crippen LogP contribution in [0.5, 0.6) is 11.5 Å². The van der Waals surface area contributed by atoms with Crippen molar-refractivity contribution in [3.63, 3.8) is 0 Å².